The van der Waals surface area contributed by atoms with Gasteiger partial charge in [0, 0.05) is 23.5 Å². The van der Waals surface area contributed by atoms with Crippen LogP contribution in [0.15, 0.2) is 6.07 Å². The van der Waals surface area contributed by atoms with Crippen molar-refractivity contribution in [2.75, 3.05) is 0 Å². The zero-order valence-electron chi connectivity index (χ0n) is 12.6. The number of carbonyl (C=O) groups excluding carboxylic acids is 1. The van der Waals surface area contributed by atoms with Crippen molar-refractivity contribution in [1.29, 1.82) is 0 Å². The quantitative estimate of drug-likeness (QED) is 0.810. The van der Waals surface area contributed by atoms with Crippen LogP contribution in [0.25, 0.3) is 0 Å². The van der Waals surface area contributed by atoms with Gasteiger partial charge in [-0.05, 0) is 40.7 Å². The van der Waals surface area contributed by atoms with Crippen LogP contribution < -0.4 is 0 Å². The van der Waals surface area contributed by atoms with E-state index < -0.39 is 0 Å². The Hall–Kier alpha value is -1.55. The number of aryl methyl sites for hydroxylation is 2. The molecule has 2 aromatic heterocycles. The minimum absolute atomic E-state index is 0.0695. The van der Waals surface area contributed by atoms with Crippen LogP contribution in [0.4, 0.5) is 0 Å². The van der Waals surface area contributed by atoms with Crippen molar-refractivity contribution in [3.8, 4) is 0 Å². The molecule has 2 aromatic rings. The first-order chi connectivity index (χ1) is 9.36. The summed E-state index contributed by atoms with van der Waals surface area (Å²) in [5, 5.41) is 4.95. The van der Waals surface area contributed by atoms with Crippen molar-refractivity contribution in [1.82, 2.24) is 14.3 Å². The zero-order chi connectivity index (χ0) is 15.0. The Morgan fingerprint density at radius 2 is 1.90 bits per heavy atom. The maximum atomic E-state index is 12.5. The second-order valence-corrected chi connectivity index (χ2v) is 5.47. The number of aromatic nitrogens is 3. The van der Waals surface area contributed by atoms with Gasteiger partial charge in [0.25, 0.3) is 0 Å². The Balaban J connectivity index is 2.31. The van der Waals surface area contributed by atoms with Gasteiger partial charge in [-0.25, -0.2) is 0 Å². The predicted octanol–water partition coefficient (Wildman–Crippen LogP) is 3.47. The van der Waals surface area contributed by atoms with Crippen LogP contribution in [0, 0.1) is 27.7 Å². The van der Waals surface area contributed by atoms with Gasteiger partial charge >= 0.3 is 0 Å². The highest BCUT2D eigenvalue weighted by atomic mass is 35.5. The topological polar surface area (TPSA) is 39.8 Å². The Kier molecular flexibility index (Phi) is 4.04. The summed E-state index contributed by atoms with van der Waals surface area (Å²) in [6.45, 7) is 10.9. The molecule has 20 heavy (non-hydrogen) atoms. The summed E-state index contributed by atoms with van der Waals surface area (Å²) in [7, 11) is 0. The van der Waals surface area contributed by atoms with Crippen LogP contribution >= 0.6 is 11.6 Å². The fourth-order valence-corrected chi connectivity index (χ4v) is 2.76. The first-order valence-corrected chi connectivity index (χ1v) is 7.14. The Morgan fingerprint density at radius 3 is 2.35 bits per heavy atom. The number of nitrogens with zero attached hydrogens (tertiary/aromatic N) is 3. The summed E-state index contributed by atoms with van der Waals surface area (Å²) in [5.74, 6) is 0.0695. The highest BCUT2D eigenvalue weighted by Gasteiger charge is 2.18. The molecule has 0 bridgehead atoms. The Bertz CT molecular complexity index is 667. The molecule has 0 radical (unpaired) electrons. The average molecular weight is 294 g/mol. The van der Waals surface area contributed by atoms with E-state index in [1.807, 2.05) is 33.8 Å². The molecule has 0 aliphatic rings. The third-order valence-corrected chi connectivity index (χ3v) is 4.32. The number of hydrogen-bond acceptors (Lipinski definition) is 2. The van der Waals surface area contributed by atoms with Crippen LogP contribution in [0.5, 0.6) is 0 Å². The Morgan fingerprint density at radius 1 is 1.25 bits per heavy atom. The van der Waals surface area contributed by atoms with Crippen molar-refractivity contribution < 1.29 is 4.79 Å². The van der Waals surface area contributed by atoms with Gasteiger partial charge in [-0.2, -0.15) is 5.10 Å². The number of carbonyl (C=O) groups is 1. The lowest BCUT2D eigenvalue weighted by atomic mass is 10.1. The molecule has 0 amide bonds. The molecular weight excluding hydrogens is 274 g/mol. The average Bonchev–Trinajstić information content (AvgIpc) is 2.81. The monoisotopic (exact) mass is 293 g/mol. The van der Waals surface area contributed by atoms with E-state index in [-0.39, 0.29) is 12.3 Å². The van der Waals surface area contributed by atoms with E-state index in [0.29, 0.717) is 5.02 Å². The SMILES string of the molecule is CCn1c(C)cc(C(=O)Cn2nc(C)c(Cl)c2C)c1C. The van der Waals surface area contributed by atoms with Crippen molar-refractivity contribution >= 4 is 17.4 Å². The minimum atomic E-state index is 0.0695. The van der Waals surface area contributed by atoms with Gasteiger partial charge in [0.15, 0.2) is 5.78 Å². The van der Waals surface area contributed by atoms with Crippen molar-refractivity contribution in [3.63, 3.8) is 0 Å². The highest BCUT2D eigenvalue weighted by Crippen LogP contribution is 2.20. The lowest BCUT2D eigenvalue weighted by molar-refractivity contribution is 0.0966. The molecule has 0 N–H and O–H groups in total. The molecule has 2 rings (SSSR count). The van der Waals surface area contributed by atoms with E-state index in [2.05, 4.69) is 16.6 Å². The maximum absolute atomic E-state index is 12.5. The van der Waals surface area contributed by atoms with E-state index in [1.165, 1.54) is 0 Å². The number of Topliss-reactive ketones (excluding diaryl/α,β-unsaturated/α-hetero) is 1. The molecule has 0 atom stereocenters. The minimum Gasteiger partial charge on any atom is -0.349 e. The van der Waals surface area contributed by atoms with Gasteiger partial charge < -0.3 is 4.57 Å². The van der Waals surface area contributed by atoms with E-state index in [9.17, 15) is 4.79 Å². The van der Waals surface area contributed by atoms with Gasteiger partial charge in [-0.3, -0.25) is 9.48 Å². The predicted molar refractivity (Wildman–Crippen MR) is 80.6 cm³/mol. The smallest absolute Gasteiger partial charge is 0.186 e. The maximum Gasteiger partial charge on any atom is 0.186 e. The summed E-state index contributed by atoms with van der Waals surface area (Å²) in [4.78, 5) is 12.5. The van der Waals surface area contributed by atoms with Crippen molar-refractivity contribution in [2.24, 2.45) is 0 Å². The second kappa shape index (κ2) is 5.44. The molecule has 0 aliphatic heterocycles. The molecule has 5 heteroatoms. The van der Waals surface area contributed by atoms with Crippen LogP contribution in [0.2, 0.25) is 5.02 Å². The molecule has 0 unspecified atom stereocenters. The van der Waals surface area contributed by atoms with Crippen LogP contribution in [0.3, 0.4) is 0 Å². The lowest BCUT2D eigenvalue weighted by Crippen LogP contribution is -2.14. The summed E-state index contributed by atoms with van der Waals surface area (Å²) in [6, 6.07) is 1.95. The largest absolute Gasteiger partial charge is 0.349 e. The first kappa shape index (κ1) is 14.9. The van der Waals surface area contributed by atoms with Crippen molar-refractivity contribution in [2.45, 2.75) is 47.7 Å². The lowest BCUT2D eigenvalue weighted by Gasteiger charge is -2.06. The molecule has 0 spiro atoms. The van der Waals surface area contributed by atoms with Gasteiger partial charge in [-0.1, -0.05) is 11.6 Å². The molecular formula is C15H20ClN3O. The standard InChI is InChI=1S/C15H20ClN3O/c1-6-18-9(2)7-13(11(18)4)14(20)8-19-12(5)15(16)10(3)17-19/h7H,6,8H2,1-5H3. The van der Waals surface area contributed by atoms with Crippen LogP contribution in [0.1, 0.15) is 40.1 Å². The molecule has 0 saturated heterocycles. The highest BCUT2D eigenvalue weighted by molar-refractivity contribution is 6.31. The zero-order valence-corrected chi connectivity index (χ0v) is 13.4. The van der Waals surface area contributed by atoms with Gasteiger partial charge in [-0.15, -0.1) is 0 Å². The molecule has 108 valence electrons. The van der Waals surface area contributed by atoms with E-state index in [0.717, 1.165) is 34.9 Å². The summed E-state index contributed by atoms with van der Waals surface area (Å²) >= 11 is 6.11. The molecule has 4 nitrogen and oxygen atoms in total. The van der Waals surface area contributed by atoms with Crippen molar-refractivity contribution in [3.05, 3.63) is 39.4 Å². The summed E-state index contributed by atoms with van der Waals surface area (Å²) in [6.07, 6.45) is 0. The molecule has 0 aromatic carbocycles. The first-order valence-electron chi connectivity index (χ1n) is 6.76. The van der Waals surface area contributed by atoms with E-state index in [4.69, 9.17) is 11.6 Å². The third kappa shape index (κ3) is 2.40. The molecule has 0 saturated carbocycles. The fraction of sp³-hybridized carbons (Fsp3) is 0.467. The molecule has 2 heterocycles. The summed E-state index contributed by atoms with van der Waals surface area (Å²) < 4.78 is 3.82. The van der Waals surface area contributed by atoms with E-state index >= 15 is 0 Å². The number of rotatable bonds is 4. The Labute approximate surface area is 124 Å². The fourth-order valence-electron chi connectivity index (χ4n) is 2.62. The number of ketones is 1. The van der Waals surface area contributed by atoms with Gasteiger partial charge in [0.1, 0.15) is 6.54 Å². The van der Waals surface area contributed by atoms with Crippen LogP contribution in [-0.4, -0.2) is 20.1 Å². The van der Waals surface area contributed by atoms with Gasteiger partial charge in [0.2, 0.25) is 0 Å². The second-order valence-electron chi connectivity index (χ2n) is 5.09. The third-order valence-electron chi connectivity index (χ3n) is 3.78. The normalized spacial score (nSPS) is 11.1. The van der Waals surface area contributed by atoms with E-state index in [1.54, 1.807) is 4.68 Å². The summed E-state index contributed by atoms with van der Waals surface area (Å²) in [5.41, 5.74) is 4.49. The van der Waals surface area contributed by atoms with Crippen LogP contribution in [-0.2, 0) is 13.1 Å². The number of hydrogen-bond donors (Lipinski definition) is 0. The molecule has 0 fully saturated rings. The molecule has 0 aliphatic carbocycles. The number of halogens is 1. The van der Waals surface area contributed by atoms with Gasteiger partial charge in [0.05, 0.1) is 16.4 Å².